The lowest BCUT2D eigenvalue weighted by Gasteiger charge is -2.43. The maximum absolute atomic E-state index is 12.3. The molecule has 0 aromatic heterocycles. The summed E-state index contributed by atoms with van der Waals surface area (Å²) < 4.78 is 0. The van der Waals surface area contributed by atoms with E-state index in [4.69, 9.17) is 0 Å². The van der Waals surface area contributed by atoms with Crippen LogP contribution in [-0.4, -0.2) is 63.7 Å². The van der Waals surface area contributed by atoms with Crippen molar-refractivity contribution >= 4 is 11.9 Å². The van der Waals surface area contributed by atoms with Gasteiger partial charge >= 0.3 is 6.03 Å². The van der Waals surface area contributed by atoms with Gasteiger partial charge in [-0.2, -0.15) is 0 Å². The highest BCUT2D eigenvalue weighted by atomic mass is 16.3. The summed E-state index contributed by atoms with van der Waals surface area (Å²) in [6.45, 7) is 7.58. The molecule has 3 atom stereocenters. The first-order chi connectivity index (χ1) is 11.2. The Labute approximate surface area is 144 Å². The zero-order chi connectivity index (χ0) is 17.5. The quantitative estimate of drug-likeness (QED) is 0.766. The predicted molar refractivity (Wildman–Crippen MR) is 91.5 cm³/mol. The molecule has 3 fully saturated rings. The van der Waals surface area contributed by atoms with Crippen molar-refractivity contribution in [1.82, 2.24) is 15.1 Å². The molecule has 136 valence electrons. The first-order valence-electron chi connectivity index (χ1n) is 9.33. The Balaban J connectivity index is 1.63. The van der Waals surface area contributed by atoms with Crippen molar-refractivity contribution in [2.24, 2.45) is 5.92 Å². The van der Waals surface area contributed by atoms with E-state index in [1.54, 1.807) is 13.8 Å². The van der Waals surface area contributed by atoms with Crippen LogP contribution in [0.25, 0.3) is 0 Å². The van der Waals surface area contributed by atoms with Gasteiger partial charge in [0.25, 0.3) is 5.91 Å². The molecule has 0 unspecified atom stereocenters. The van der Waals surface area contributed by atoms with Crippen LogP contribution in [0.15, 0.2) is 0 Å². The topological polar surface area (TPSA) is 72.9 Å². The Morgan fingerprint density at radius 1 is 1.12 bits per heavy atom. The van der Waals surface area contributed by atoms with Crippen LogP contribution in [0.1, 0.15) is 59.3 Å². The molecule has 6 heteroatoms. The Bertz CT molecular complexity index is 518. The zero-order valence-corrected chi connectivity index (χ0v) is 15.2. The van der Waals surface area contributed by atoms with Gasteiger partial charge in [0.2, 0.25) is 0 Å². The highest BCUT2D eigenvalue weighted by molar-refractivity contribution is 6.06. The maximum Gasteiger partial charge on any atom is 0.325 e. The fraction of sp³-hybridized carbons (Fsp3) is 0.889. The van der Waals surface area contributed by atoms with E-state index in [1.165, 1.54) is 11.3 Å². The van der Waals surface area contributed by atoms with Crippen molar-refractivity contribution < 1.29 is 14.7 Å². The van der Waals surface area contributed by atoms with Crippen molar-refractivity contribution in [3.8, 4) is 0 Å². The summed E-state index contributed by atoms with van der Waals surface area (Å²) in [6.07, 6.45) is 6.48. The van der Waals surface area contributed by atoms with Gasteiger partial charge in [-0.1, -0.05) is 12.8 Å². The zero-order valence-electron chi connectivity index (χ0n) is 15.2. The summed E-state index contributed by atoms with van der Waals surface area (Å²) in [4.78, 5) is 28.1. The fourth-order valence-corrected chi connectivity index (χ4v) is 4.78. The summed E-state index contributed by atoms with van der Waals surface area (Å²) in [5.41, 5.74) is -1.39. The molecular weight excluding hydrogens is 306 g/mol. The number of hydrogen-bond donors (Lipinski definition) is 2. The Morgan fingerprint density at radius 2 is 1.88 bits per heavy atom. The van der Waals surface area contributed by atoms with Gasteiger partial charge in [0.05, 0.1) is 5.60 Å². The van der Waals surface area contributed by atoms with E-state index in [1.807, 2.05) is 6.92 Å². The molecule has 0 aromatic rings. The summed E-state index contributed by atoms with van der Waals surface area (Å²) in [5.74, 6) is 0.154. The van der Waals surface area contributed by atoms with Crippen molar-refractivity contribution in [2.45, 2.75) is 76.5 Å². The van der Waals surface area contributed by atoms with Gasteiger partial charge in [-0.3, -0.25) is 14.6 Å². The van der Waals surface area contributed by atoms with Gasteiger partial charge in [-0.25, -0.2) is 4.79 Å². The van der Waals surface area contributed by atoms with Gasteiger partial charge < -0.3 is 10.4 Å². The number of amides is 3. The number of imide groups is 1. The molecule has 2 N–H and O–H groups in total. The standard InChI is InChI=1S/C18H31N3O3/c1-17(2)15(22)21(16(23)19-17)12-11-20-10-6-8-14(20)13-7-4-5-9-18(13,3)24/h13-14,24H,4-12H2,1-3H3,(H,19,23)/t13-,14-,18-/m1/s1. The molecule has 6 nitrogen and oxygen atoms in total. The van der Waals surface area contributed by atoms with E-state index in [0.29, 0.717) is 25.0 Å². The van der Waals surface area contributed by atoms with Crippen molar-refractivity contribution in [3.63, 3.8) is 0 Å². The summed E-state index contributed by atoms with van der Waals surface area (Å²) in [5, 5.41) is 13.5. The van der Waals surface area contributed by atoms with Crippen LogP contribution in [0.2, 0.25) is 0 Å². The van der Waals surface area contributed by atoms with Gasteiger partial charge in [0.1, 0.15) is 5.54 Å². The normalized spacial score (nSPS) is 37.1. The minimum atomic E-state index is -0.797. The van der Waals surface area contributed by atoms with E-state index >= 15 is 0 Å². The third-order valence-electron chi connectivity index (χ3n) is 6.18. The maximum atomic E-state index is 12.3. The van der Waals surface area contributed by atoms with E-state index in [0.717, 1.165) is 38.6 Å². The largest absolute Gasteiger partial charge is 0.390 e. The number of nitrogens with zero attached hydrogens (tertiary/aromatic N) is 2. The second-order valence-electron chi connectivity index (χ2n) is 8.47. The third-order valence-corrected chi connectivity index (χ3v) is 6.18. The lowest BCUT2D eigenvalue weighted by atomic mass is 9.72. The lowest BCUT2D eigenvalue weighted by Crippen LogP contribution is -2.50. The van der Waals surface area contributed by atoms with Gasteiger partial charge in [-0.05, 0) is 53.0 Å². The average Bonchev–Trinajstić information content (AvgIpc) is 3.01. The Kier molecular flexibility index (Phi) is 4.64. The molecule has 1 aliphatic carbocycles. The van der Waals surface area contributed by atoms with E-state index in [2.05, 4.69) is 10.2 Å². The summed E-state index contributed by atoms with van der Waals surface area (Å²) in [7, 11) is 0. The molecule has 24 heavy (non-hydrogen) atoms. The van der Waals surface area contributed by atoms with Crippen LogP contribution >= 0.6 is 0 Å². The Morgan fingerprint density at radius 3 is 2.50 bits per heavy atom. The number of likely N-dealkylation sites (tertiary alicyclic amines) is 1. The lowest BCUT2D eigenvalue weighted by molar-refractivity contribution is -0.130. The highest BCUT2D eigenvalue weighted by Crippen LogP contribution is 2.40. The molecular formula is C18H31N3O3. The van der Waals surface area contributed by atoms with Crippen LogP contribution in [0, 0.1) is 5.92 Å². The molecule has 1 saturated carbocycles. The van der Waals surface area contributed by atoms with E-state index < -0.39 is 11.1 Å². The second kappa shape index (κ2) is 6.30. The first kappa shape index (κ1) is 17.7. The average molecular weight is 337 g/mol. The second-order valence-corrected chi connectivity index (χ2v) is 8.47. The SMILES string of the molecule is CC1(C)NC(=O)N(CCN2CCC[C@@H]2[C@H]2CCCC[C@@]2(C)O)C1=O. The number of rotatable bonds is 4. The minimum absolute atomic E-state index is 0.145. The monoisotopic (exact) mass is 337 g/mol. The molecule has 0 spiro atoms. The van der Waals surface area contributed by atoms with Gasteiger partial charge in [-0.15, -0.1) is 0 Å². The van der Waals surface area contributed by atoms with Crippen LogP contribution in [0.4, 0.5) is 4.79 Å². The molecule has 3 rings (SSSR count). The van der Waals surface area contributed by atoms with E-state index in [9.17, 15) is 14.7 Å². The van der Waals surface area contributed by atoms with Crippen LogP contribution < -0.4 is 5.32 Å². The number of nitrogens with one attached hydrogen (secondary N) is 1. The minimum Gasteiger partial charge on any atom is -0.390 e. The molecule has 3 amide bonds. The van der Waals surface area contributed by atoms with Gasteiger partial charge in [0, 0.05) is 25.0 Å². The fourth-order valence-electron chi connectivity index (χ4n) is 4.78. The molecule has 0 aromatic carbocycles. The van der Waals surface area contributed by atoms with Crippen molar-refractivity contribution in [2.75, 3.05) is 19.6 Å². The molecule has 3 aliphatic rings. The van der Waals surface area contributed by atoms with Crippen molar-refractivity contribution in [1.29, 1.82) is 0 Å². The smallest absolute Gasteiger partial charge is 0.325 e. The number of aliphatic hydroxyl groups is 1. The van der Waals surface area contributed by atoms with E-state index in [-0.39, 0.29) is 11.9 Å². The summed E-state index contributed by atoms with van der Waals surface area (Å²) in [6, 6.07) is 0.0829. The van der Waals surface area contributed by atoms with Crippen LogP contribution in [-0.2, 0) is 4.79 Å². The Hall–Kier alpha value is -1.14. The molecule has 2 heterocycles. The third kappa shape index (κ3) is 3.18. The van der Waals surface area contributed by atoms with Crippen LogP contribution in [0.3, 0.4) is 0 Å². The van der Waals surface area contributed by atoms with Gasteiger partial charge in [0.15, 0.2) is 0 Å². The highest BCUT2D eigenvalue weighted by Gasteiger charge is 2.46. The number of hydrogen-bond acceptors (Lipinski definition) is 4. The molecule has 0 bridgehead atoms. The first-order valence-corrected chi connectivity index (χ1v) is 9.33. The molecule has 2 aliphatic heterocycles. The predicted octanol–water partition coefficient (Wildman–Crippen LogP) is 1.72. The summed E-state index contributed by atoms with van der Waals surface area (Å²) >= 11 is 0. The van der Waals surface area contributed by atoms with Crippen molar-refractivity contribution in [3.05, 3.63) is 0 Å². The number of carbonyl (C=O) groups is 2. The molecule has 2 saturated heterocycles. The number of urea groups is 1. The molecule has 0 radical (unpaired) electrons. The number of carbonyl (C=O) groups excluding carboxylic acids is 2. The van der Waals surface area contributed by atoms with Crippen LogP contribution in [0.5, 0.6) is 0 Å².